The number of hydrogen-bond acceptors (Lipinski definition) is 5. The summed E-state index contributed by atoms with van der Waals surface area (Å²) < 4.78 is 0. The molecule has 5 heteroatoms. The van der Waals surface area contributed by atoms with E-state index in [4.69, 9.17) is 0 Å². The average molecular weight is 222 g/mol. The van der Waals surface area contributed by atoms with Crippen molar-refractivity contribution in [3.63, 3.8) is 0 Å². The van der Waals surface area contributed by atoms with E-state index in [1.54, 1.807) is 13.8 Å². The van der Waals surface area contributed by atoms with E-state index >= 15 is 0 Å². The van der Waals surface area contributed by atoms with Crippen molar-refractivity contribution in [2.45, 2.75) is 33.7 Å². The van der Waals surface area contributed by atoms with E-state index < -0.39 is 12.0 Å². The van der Waals surface area contributed by atoms with Crippen LogP contribution in [0.5, 0.6) is 0 Å². The van der Waals surface area contributed by atoms with Gasteiger partial charge in [0.2, 0.25) is 5.95 Å². The molecule has 0 bridgehead atoms. The molecule has 88 valence electrons. The van der Waals surface area contributed by atoms with Gasteiger partial charge in [-0.25, -0.2) is 9.97 Å². The number of aliphatic carboxylic acids is 1. The van der Waals surface area contributed by atoms with Gasteiger partial charge in [0.05, 0.1) is 12.0 Å². The Balaban J connectivity index is 2.89. The Bertz CT molecular complexity index is 371. The van der Waals surface area contributed by atoms with Gasteiger partial charge in [-0.05, 0) is 25.8 Å². The predicted octanol–water partition coefficient (Wildman–Crippen LogP) is 0.280. The number of aryl methyl sites for hydroxylation is 2. The molecule has 1 unspecified atom stereocenters. The minimum Gasteiger partial charge on any atom is -0.548 e. The lowest BCUT2D eigenvalue weighted by molar-refractivity contribution is -0.307. The summed E-state index contributed by atoms with van der Waals surface area (Å²) in [5.74, 6) is -0.896. The van der Waals surface area contributed by atoms with Gasteiger partial charge in [0.15, 0.2) is 0 Å². The molecule has 1 aromatic heterocycles. The molecule has 0 saturated heterocycles. The molecule has 0 aliphatic heterocycles. The van der Waals surface area contributed by atoms with Gasteiger partial charge in [-0.1, -0.05) is 13.8 Å². The number of hydrogen-bond donors (Lipinski definition) is 1. The summed E-state index contributed by atoms with van der Waals surface area (Å²) in [5.41, 5.74) is 1.60. The molecule has 0 amide bonds. The van der Waals surface area contributed by atoms with Crippen LogP contribution >= 0.6 is 0 Å². The van der Waals surface area contributed by atoms with E-state index in [9.17, 15) is 9.90 Å². The molecule has 1 aromatic rings. The van der Waals surface area contributed by atoms with Gasteiger partial charge in [-0.2, -0.15) is 0 Å². The van der Waals surface area contributed by atoms with Crippen molar-refractivity contribution in [1.82, 2.24) is 9.97 Å². The maximum absolute atomic E-state index is 10.9. The molecule has 0 aromatic carbocycles. The Labute approximate surface area is 94.9 Å². The van der Waals surface area contributed by atoms with E-state index in [1.807, 2.05) is 19.9 Å². The molecule has 1 rings (SSSR count). The Morgan fingerprint density at radius 2 is 1.81 bits per heavy atom. The van der Waals surface area contributed by atoms with Gasteiger partial charge >= 0.3 is 0 Å². The van der Waals surface area contributed by atoms with Crippen molar-refractivity contribution in [1.29, 1.82) is 0 Å². The van der Waals surface area contributed by atoms with Crippen LogP contribution in [0, 0.1) is 19.8 Å². The van der Waals surface area contributed by atoms with Crippen LogP contribution < -0.4 is 10.4 Å². The number of aromatic nitrogens is 2. The average Bonchev–Trinajstić information content (AvgIpc) is 2.11. The Kier molecular flexibility index (Phi) is 3.82. The monoisotopic (exact) mass is 222 g/mol. The second kappa shape index (κ2) is 4.92. The number of nitrogens with zero attached hydrogens (tertiary/aromatic N) is 2. The van der Waals surface area contributed by atoms with Crippen LogP contribution in [0.2, 0.25) is 0 Å². The standard InChI is InChI=1S/C11H17N3O2/c1-6(2)9(10(15)16)14-11-12-7(3)5-8(4)13-11/h5-6,9H,1-4H3,(H,15,16)(H,12,13,14)/p-1. The fourth-order valence-corrected chi connectivity index (χ4v) is 1.43. The largest absolute Gasteiger partial charge is 0.548 e. The van der Waals surface area contributed by atoms with Crippen LogP contribution in [0.25, 0.3) is 0 Å². The van der Waals surface area contributed by atoms with Crippen LogP contribution in [-0.4, -0.2) is 22.0 Å². The van der Waals surface area contributed by atoms with Gasteiger partial charge < -0.3 is 15.2 Å². The minimum absolute atomic E-state index is 0.0885. The van der Waals surface area contributed by atoms with Gasteiger partial charge in [-0.15, -0.1) is 0 Å². The summed E-state index contributed by atoms with van der Waals surface area (Å²) in [6, 6.07) is 1.05. The first-order chi connectivity index (χ1) is 7.40. The zero-order valence-corrected chi connectivity index (χ0v) is 9.94. The molecular weight excluding hydrogens is 206 g/mol. The first kappa shape index (κ1) is 12.4. The van der Waals surface area contributed by atoms with Gasteiger partial charge in [-0.3, -0.25) is 0 Å². The fourth-order valence-electron chi connectivity index (χ4n) is 1.43. The summed E-state index contributed by atoms with van der Waals surface area (Å²) >= 11 is 0. The van der Waals surface area contributed by atoms with Crippen LogP contribution in [-0.2, 0) is 4.79 Å². The van der Waals surface area contributed by atoms with Crippen molar-refractivity contribution in [3.8, 4) is 0 Å². The summed E-state index contributed by atoms with van der Waals surface area (Å²) in [7, 11) is 0. The Hall–Kier alpha value is -1.65. The predicted molar refractivity (Wildman–Crippen MR) is 58.8 cm³/mol. The molecule has 0 fully saturated rings. The molecule has 0 aliphatic carbocycles. The summed E-state index contributed by atoms with van der Waals surface area (Å²) in [6.45, 7) is 7.28. The molecule has 0 radical (unpaired) electrons. The number of carbonyl (C=O) groups excluding carboxylic acids is 1. The Morgan fingerprint density at radius 3 is 2.19 bits per heavy atom. The number of anilines is 1. The number of carboxylic acids is 1. The topological polar surface area (TPSA) is 77.9 Å². The highest BCUT2D eigenvalue weighted by atomic mass is 16.4. The third kappa shape index (κ3) is 3.18. The quantitative estimate of drug-likeness (QED) is 0.791. The van der Waals surface area contributed by atoms with Crippen molar-refractivity contribution >= 4 is 11.9 Å². The number of rotatable bonds is 4. The minimum atomic E-state index is -1.14. The zero-order chi connectivity index (χ0) is 12.3. The van der Waals surface area contributed by atoms with E-state index in [-0.39, 0.29) is 5.92 Å². The van der Waals surface area contributed by atoms with E-state index in [0.717, 1.165) is 11.4 Å². The summed E-state index contributed by atoms with van der Waals surface area (Å²) in [5, 5.41) is 13.7. The normalized spacial score (nSPS) is 12.6. The molecule has 16 heavy (non-hydrogen) atoms. The third-order valence-corrected chi connectivity index (χ3v) is 2.19. The van der Waals surface area contributed by atoms with Gasteiger partial charge in [0.25, 0.3) is 0 Å². The van der Waals surface area contributed by atoms with Crippen molar-refractivity contribution in [2.24, 2.45) is 5.92 Å². The highest BCUT2D eigenvalue weighted by Gasteiger charge is 2.15. The maximum atomic E-state index is 10.9. The highest BCUT2D eigenvalue weighted by Crippen LogP contribution is 2.09. The highest BCUT2D eigenvalue weighted by molar-refractivity contribution is 5.74. The van der Waals surface area contributed by atoms with Crippen molar-refractivity contribution in [3.05, 3.63) is 17.5 Å². The SMILES string of the molecule is Cc1cc(C)nc(NC(C(=O)[O-])C(C)C)n1. The van der Waals surface area contributed by atoms with Crippen molar-refractivity contribution < 1.29 is 9.90 Å². The second-order valence-corrected chi connectivity index (χ2v) is 4.16. The van der Waals surface area contributed by atoms with E-state index in [1.165, 1.54) is 0 Å². The molecular formula is C11H16N3O2-. The lowest BCUT2D eigenvalue weighted by Crippen LogP contribution is -2.44. The van der Waals surface area contributed by atoms with Crippen LogP contribution in [0.4, 0.5) is 5.95 Å². The van der Waals surface area contributed by atoms with Crippen molar-refractivity contribution in [2.75, 3.05) is 5.32 Å². The smallest absolute Gasteiger partial charge is 0.223 e. The first-order valence-corrected chi connectivity index (χ1v) is 5.20. The number of nitrogens with one attached hydrogen (secondary N) is 1. The molecule has 1 heterocycles. The van der Waals surface area contributed by atoms with Crippen LogP contribution in [0.3, 0.4) is 0 Å². The van der Waals surface area contributed by atoms with E-state index in [0.29, 0.717) is 5.95 Å². The maximum Gasteiger partial charge on any atom is 0.223 e. The van der Waals surface area contributed by atoms with Gasteiger partial charge in [0, 0.05) is 11.4 Å². The molecule has 0 spiro atoms. The first-order valence-electron chi connectivity index (χ1n) is 5.20. The van der Waals surface area contributed by atoms with Gasteiger partial charge in [0.1, 0.15) is 0 Å². The lowest BCUT2D eigenvalue weighted by atomic mass is 10.1. The second-order valence-electron chi connectivity index (χ2n) is 4.16. The van der Waals surface area contributed by atoms with Crippen LogP contribution in [0.15, 0.2) is 6.07 Å². The lowest BCUT2D eigenvalue weighted by Gasteiger charge is -2.23. The molecule has 1 N–H and O–H groups in total. The molecule has 0 aliphatic rings. The zero-order valence-electron chi connectivity index (χ0n) is 9.94. The molecule has 0 saturated carbocycles. The fraction of sp³-hybridized carbons (Fsp3) is 0.545. The number of carbonyl (C=O) groups is 1. The Morgan fingerprint density at radius 1 is 1.31 bits per heavy atom. The molecule has 1 atom stereocenters. The summed E-state index contributed by atoms with van der Waals surface area (Å²) in [6.07, 6.45) is 0. The van der Waals surface area contributed by atoms with E-state index in [2.05, 4.69) is 15.3 Å². The number of carboxylic acid groups (broad SMARTS) is 1. The third-order valence-electron chi connectivity index (χ3n) is 2.19. The summed E-state index contributed by atoms with van der Waals surface area (Å²) in [4.78, 5) is 19.1. The molecule has 5 nitrogen and oxygen atoms in total. The van der Waals surface area contributed by atoms with Crippen LogP contribution in [0.1, 0.15) is 25.2 Å².